The highest BCUT2D eigenvalue weighted by Crippen LogP contribution is 2.09. The van der Waals surface area contributed by atoms with Gasteiger partial charge in [-0.2, -0.15) is 0 Å². The molecular formula is C10H22N2O. The van der Waals surface area contributed by atoms with Crippen LogP contribution in [0.15, 0.2) is 0 Å². The predicted octanol–water partition coefficient (Wildman–Crippen LogP) is 0.835. The summed E-state index contributed by atoms with van der Waals surface area (Å²) in [6, 6.07) is 0.384. The number of ether oxygens (including phenoxy) is 1. The van der Waals surface area contributed by atoms with Crippen molar-refractivity contribution in [2.24, 2.45) is 5.73 Å². The standard InChI is InChI=1S/C10H22N2O/c1-10(2,3)13-7-6-12-5-4-9(11)8-12/h9H,4-8,11H2,1-3H3/t9-/m1/s1. The van der Waals surface area contributed by atoms with Crippen molar-refractivity contribution in [3.8, 4) is 0 Å². The summed E-state index contributed by atoms with van der Waals surface area (Å²) in [5, 5.41) is 0. The third kappa shape index (κ3) is 4.60. The normalized spacial score (nSPS) is 25.4. The minimum Gasteiger partial charge on any atom is -0.375 e. The molecule has 1 rings (SSSR count). The van der Waals surface area contributed by atoms with Crippen LogP contribution in [0.25, 0.3) is 0 Å². The number of rotatable bonds is 3. The minimum atomic E-state index is -0.0121. The van der Waals surface area contributed by atoms with Crippen molar-refractivity contribution >= 4 is 0 Å². The van der Waals surface area contributed by atoms with Gasteiger partial charge in [0.15, 0.2) is 0 Å². The Morgan fingerprint density at radius 3 is 2.62 bits per heavy atom. The lowest BCUT2D eigenvalue weighted by Crippen LogP contribution is -2.31. The molecule has 0 bridgehead atoms. The molecule has 1 fully saturated rings. The number of hydrogen-bond acceptors (Lipinski definition) is 3. The monoisotopic (exact) mass is 186 g/mol. The maximum Gasteiger partial charge on any atom is 0.0600 e. The van der Waals surface area contributed by atoms with Gasteiger partial charge in [-0.15, -0.1) is 0 Å². The lowest BCUT2D eigenvalue weighted by atomic mass is 10.2. The molecule has 0 saturated carbocycles. The Morgan fingerprint density at radius 1 is 1.46 bits per heavy atom. The average Bonchev–Trinajstić information content (AvgIpc) is 2.33. The van der Waals surface area contributed by atoms with E-state index in [1.54, 1.807) is 0 Å². The molecule has 1 aliphatic rings. The summed E-state index contributed by atoms with van der Waals surface area (Å²) >= 11 is 0. The van der Waals surface area contributed by atoms with E-state index < -0.39 is 0 Å². The van der Waals surface area contributed by atoms with Crippen molar-refractivity contribution in [1.82, 2.24) is 4.90 Å². The Morgan fingerprint density at radius 2 is 2.15 bits per heavy atom. The van der Waals surface area contributed by atoms with Crippen LogP contribution in [-0.4, -0.2) is 42.8 Å². The highest BCUT2D eigenvalue weighted by atomic mass is 16.5. The molecule has 1 atom stereocenters. The zero-order valence-corrected chi connectivity index (χ0v) is 9.05. The van der Waals surface area contributed by atoms with Gasteiger partial charge in [0.25, 0.3) is 0 Å². The molecule has 3 heteroatoms. The summed E-state index contributed by atoms with van der Waals surface area (Å²) in [6.07, 6.45) is 1.13. The second-order valence-electron chi connectivity index (χ2n) is 4.81. The Bertz CT molecular complexity index is 153. The van der Waals surface area contributed by atoms with Gasteiger partial charge in [-0.05, 0) is 33.7 Å². The van der Waals surface area contributed by atoms with E-state index in [-0.39, 0.29) is 5.60 Å². The van der Waals surface area contributed by atoms with Crippen molar-refractivity contribution in [1.29, 1.82) is 0 Å². The molecule has 78 valence electrons. The van der Waals surface area contributed by atoms with E-state index in [1.165, 1.54) is 0 Å². The van der Waals surface area contributed by atoms with Crippen LogP contribution in [0.3, 0.4) is 0 Å². The molecule has 13 heavy (non-hydrogen) atoms. The molecule has 0 aromatic rings. The van der Waals surface area contributed by atoms with E-state index >= 15 is 0 Å². The highest BCUT2D eigenvalue weighted by Gasteiger charge is 2.19. The lowest BCUT2D eigenvalue weighted by Gasteiger charge is -2.22. The van der Waals surface area contributed by atoms with Gasteiger partial charge in [-0.1, -0.05) is 0 Å². The molecule has 2 N–H and O–H groups in total. The summed E-state index contributed by atoms with van der Waals surface area (Å²) in [5.41, 5.74) is 5.79. The fraction of sp³-hybridized carbons (Fsp3) is 1.00. The van der Waals surface area contributed by atoms with Gasteiger partial charge < -0.3 is 10.5 Å². The minimum absolute atomic E-state index is 0.0121. The van der Waals surface area contributed by atoms with Crippen molar-refractivity contribution in [3.05, 3.63) is 0 Å². The number of likely N-dealkylation sites (tertiary alicyclic amines) is 1. The van der Waals surface area contributed by atoms with E-state index in [9.17, 15) is 0 Å². The Kier molecular flexibility index (Phi) is 3.71. The zero-order valence-electron chi connectivity index (χ0n) is 9.05. The van der Waals surface area contributed by atoms with Crippen LogP contribution < -0.4 is 5.73 Å². The van der Waals surface area contributed by atoms with Crippen molar-refractivity contribution in [2.75, 3.05) is 26.2 Å². The van der Waals surface area contributed by atoms with Crippen LogP contribution in [0, 0.1) is 0 Å². The van der Waals surface area contributed by atoms with Crippen molar-refractivity contribution in [2.45, 2.75) is 38.8 Å². The Labute approximate surface area is 81.2 Å². The van der Waals surface area contributed by atoms with Crippen LogP contribution in [0.4, 0.5) is 0 Å². The molecule has 0 aliphatic carbocycles. The van der Waals surface area contributed by atoms with Crippen LogP contribution in [0.1, 0.15) is 27.2 Å². The maximum absolute atomic E-state index is 5.80. The largest absolute Gasteiger partial charge is 0.375 e. The van der Waals surface area contributed by atoms with Gasteiger partial charge in [0.1, 0.15) is 0 Å². The van der Waals surface area contributed by atoms with Crippen LogP contribution in [-0.2, 0) is 4.74 Å². The van der Waals surface area contributed by atoms with Gasteiger partial charge in [-0.25, -0.2) is 0 Å². The molecule has 3 nitrogen and oxygen atoms in total. The first-order valence-electron chi connectivity index (χ1n) is 5.09. The van der Waals surface area contributed by atoms with Gasteiger partial charge in [0, 0.05) is 19.1 Å². The van der Waals surface area contributed by atoms with Gasteiger partial charge >= 0.3 is 0 Å². The predicted molar refractivity (Wildman–Crippen MR) is 54.7 cm³/mol. The molecule has 1 heterocycles. The van der Waals surface area contributed by atoms with Crippen LogP contribution in [0.5, 0.6) is 0 Å². The molecule has 0 unspecified atom stereocenters. The molecule has 0 radical (unpaired) electrons. The first-order valence-corrected chi connectivity index (χ1v) is 5.09. The Balaban J connectivity index is 2.07. The van der Waals surface area contributed by atoms with E-state index in [0.717, 1.165) is 32.7 Å². The quantitative estimate of drug-likeness (QED) is 0.709. The van der Waals surface area contributed by atoms with Crippen LogP contribution >= 0.6 is 0 Å². The number of nitrogens with two attached hydrogens (primary N) is 1. The second kappa shape index (κ2) is 4.40. The molecule has 0 spiro atoms. The van der Waals surface area contributed by atoms with Crippen molar-refractivity contribution in [3.63, 3.8) is 0 Å². The summed E-state index contributed by atoms with van der Waals surface area (Å²) in [7, 11) is 0. The summed E-state index contributed by atoms with van der Waals surface area (Å²) in [5.74, 6) is 0. The maximum atomic E-state index is 5.80. The first kappa shape index (κ1) is 11.0. The molecule has 0 aromatic carbocycles. The third-order valence-corrected chi connectivity index (χ3v) is 2.25. The molecule has 0 aromatic heterocycles. The average molecular weight is 186 g/mol. The summed E-state index contributed by atoms with van der Waals surface area (Å²) < 4.78 is 5.64. The molecule has 0 amide bonds. The van der Waals surface area contributed by atoms with E-state index in [0.29, 0.717) is 6.04 Å². The van der Waals surface area contributed by atoms with Gasteiger partial charge in [0.2, 0.25) is 0 Å². The first-order chi connectivity index (χ1) is 5.97. The molecule has 1 saturated heterocycles. The smallest absolute Gasteiger partial charge is 0.0600 e. The summed E-state index contributed by atoms with van der Waals surface area (Å²) in [4.78, 5) is 2.37. The Hall–Kier alpha value is -0.120. The lowest BCUT2D eigenvalue weighted by molar-refractivity contribution is -0.0110. The number of nitrogens with zero attached hydrogens (tertiary/aromatic N) is 1. The SMILES string of the molecule is CC(C)(C)OCCN1CC[C@@H](N)C1. The number of hydrogen-bond donors (Lipinski definition) is 1. The highest BCUT2D eigenvalue weighted by molar-refractivity contribution is 4.77. The van der Waals surface area contributed by atoms with E-state index in [1.807, 2.05) is 0 Å². The van der Waals surface area contributed by atoms with Crippen LogP contribution in [0.2, 0.25) is 0 Å². The molecule has 1 aliphatic heterocycles. The van der Waals surface area contributed by atoms with Crippen molar-refractivity contribution < 1.29 is 4.74 Å². The molecular weight excluding hydrogens is 164 g/mol. The summed E-state index contributed by atoms with van der Waals surface area (Å²) in [6.45, 7) is 10.3. The zero-order chi connectivity index (χ0) is 9.90. The van der Waals surface area contributed by atoms with E-state index in [2.05, 4.69) is 25.7 Å². The van der Waals surface area contributed by atoms with E-state index in [4.69, 9.17) is 10.5 Å². The fourth-order valence-corrected chi connectivity index (χ4v) is 1.55. The topological polar surface area (TPSA) is 38.5 Å². The van der Waals surface area contributed by atoms with Gasteiger partial charge in [-0.3, -0.25) is 4.90 Å². The second-order valence-corrected chi connectivity index (χ2v) is 4.81. The third-order valence-electron chi connectivity index (χ3n) is 2.25. The fourth-order valence-electron chi connectivity index (χ4n) is 1.55. The van der Waals surface area contributed by atoms with Gasteiger partial charge in [0.05, 0.1) is 12.2 Å².